The summed E-state index contributed by atoms with van der Waals surface area (Å²) >= 11 is 1.58. The minimum atomic E-state index is -4.74. The Kier molecular flexibility index (Phi) is 10.5. The number of Topliss-reactive ketones (excluding diaryl/α,β-unsaturated/α-hetero) is 1. The van der Waals surface area contributed by atoms with E-state index in [2.05, 4.69) is 24.7 Å². The number of rotatable bonds is 10. The Morgan fingerprint density at radius 3 is 2.58 bits per heavy atom. The second-order valence-corrected chi connectivity index (χ2v) is 9.90. The molecule has 0 radical (unpaired) electrons. The fraction of sp³-hybridized carbons (Fsp3) is 0.556. The van der Waals surface area contributed by atoms with Gasteiger partial charge in [0.2, 0.25) is 24.1 Å². The number of carbonyl (C=O) groups is 5. The number of esters is 1. The number of alkyl halides is 3. The van der Waals surface area contributed by atoms with Crippen molar-refractivity contribution in [2.24, 2.45) is 10.6 Å². The number of nitrogen functional groups attached to an aromatic ring is 1. The Labute approximate surface area is 242 Å². The van der Waals surface area contributed by atoms with Crippen LogP contribution in [0.3, 0.4) is 0 Å². The number of hydrogen-bond donors (Lipinski definition) is 2. The molecule has 1 aromatic heterocycles. The molecule has 2 fully saturated rings. The van der Waals surface area contributed by atoms with E-state index in [1.54, 1.807) is 0 Å². The maximum atomic E-state index is 12.7. The molecule has 3 N–H and O–H groups in total. The molecule has 2 unspecified atom stereocenters. The number of aliphatic carboxylic acids is 1. The molecule has 2 aliphatic rings. The van der Waals surface area contributed by atoms with Crippen LogP contribution in [0.4, 0.5) is 18.3 Å². The average molecular weight is 590 g/mol. The molecule has 1 aromatic rings. The van der Waals surface area contributed by atoms with Gasteiger partial charge in [0.25, 0.3) is 5.91 Å². The fourth-order valence-corrected chi connectivity index (χ4v) is 5.22. The number of thioether (sulfide) groups is 1. The van der Waals surface area contributed by atoms with Gasteiger partial charge in [-0.15, -0.1) is 11.8 Å². The first-order valence-corrected chi connectivity index (χ1v) is 12.0. The Bertz CT molecular complexity index is 1150. The number of nitrogens with zero attached hydrogens (tertiary/aromatic N) is 4. The quantitative estimate of drug-likeness (QED) is 0.0657. The van der Waals surface area contributed by atoms with Gasteiger partial charge in [0.05, 0.1) is 11.4 Å². The Balaban J connectivity index is 0.00000507. The summed E-state index contributed by atoms with van der Waals surface area (Å²) in [5.74, 6) is -5.45. The fourth-order valence-electron chi connectivity index (χ4n) is 3.27. The first-order valence-electron chi connectivity index (χ1n) is 10.2. The zero-order valence-electron chi connectivity index (χ0n) is 19.8. The number of amides is 2. The van der Waals surface area contributed by atoms with Gasteiger partial charge in [0.15, 0.2) is 5.13 Å². The van der Waals surface area contributed by atoms with Crippen molar-refractivity contribution in [3.8, 4) is 0 Å². The first-order chi connectivity index (χ1) is 17.2. The van der Waals surface area contributed by atoms with Crippen molar-refractivity contribution < 1.29 is 81.4 Å². The van der Waals surface area contributed by atoms with E-state index in [4.69, 9.17) is 10.5 Å². The SMILES string of the molecule is CC(=O)CC(=O)OCC1(C(=O)[O-])CS[C@@H]2C(NC(=O)C(=NOCC(F)(F)F)c3nsc(N)n3)C(=O)N2C1.[Na+]. The molecule has 3 rings (SSSR count). The van der Waals surface area contributed by atoms with E-state index in [9.17, 15) is 42.3 Å². The number of carbonyl (C=O) groups excluding carboxylic acids is 5. The third-order valence-electron chi connectivity index (χ3n) is 5.02. The normalized spacial score (nSPS) is 22.9. The van der Waals surface area contributed by atoms with E-state index in [0.717, 1.165) is 23.6 Å². The van der Waals surface area contributed by atoms with Gasteiger partial charge in [-0.05, 0) is 6.92 Å². The van der Waals surface area contributed by atoms with E-state index in [1.807, 2.05) is 0 Å². The molecule has 14 nitrogen and oxygen atoms in total. The van der Waals surface area contributed by atoms with Crippen LogP contribution in [0.15, 0.2) is 5.16 Å². The summed E-state index contributed by atoms with van der Waals surface area (Å²) in [5.41, 5.74) is 2.93. The molecular formula is C18H18F3N6NaO8S2. The minimum Gasteiger partial charge on any atom is -0.549 e. The van der Waals surface area contributed by atoms with Crippen LogP contribution >= 0.6 is 23.3 Å². The molecule has 0 aromatic carbocycles. The van der Waals surface area contributed by atoms with Crippen LogP contribution in [0.25, 0.3) is 0 Å². The van der Waals surface area contributed by atoms with Gasteiger partial charge in [0, 0.05) is 23.8 Å². The molecule has 20 heteroatoms. The predicted molar refractivity (Wildman–Crippen MR) is 116 cm³/mol. The van der Waals surface area contributed by atoms with Crippen LogP contribution in [-0.2, 0) is 33.5 Å². The number of fused-ring (bicyclic) bond motifs is 1. The first kappa shape index (κ1) is 31.7. The molecule has 3 atom stereocenters. The molecule has 38 heavy (non-hydrogen) atoms. The zero-order valence-corrected chi connectivity index (χ0v) is 23.4. The number of halogens is 3. The number of β-lactam (4-membered cyclic amide) rings is 1. The summed E-state index contributed by atoms with van der Waals surface area (Å²) in [7, 11) is 0. The van der Waals surface area contributed by atoms with Crippen molar-refractivity contribution in [1.29, 1.82) is 0 Å². The summed E-state index contributed by atoms with van der Waals surface area (Å²) < 4.78 is 45.9. The molecule has 2 saturated heterocycles. The van der Waals surface area contributed by atoms with E-state index >= 15 is 0 Å². The molecule has 202 valence electrons. The van der Waals surface area contributed by atoms with Crippen LogP contribution in [0.5, 0.6) is 0 Å². The van der Waals surface area contributed by atoms with Gasteiger partial charge in [0.1, 0.15) is 30.2 Å². The zero-order chi connectivity index (χ0) is 27.5. The molecule has 0 saturated carbocycles. The largest absolute Gasteiger partial charge is 1.00 e. The van der Waals surface area contributed by atoms with Crippen molar-refractivity contribution in [1.82, 2.24) is 19.6 Å². The van der Waals surface area contributed by atoms with Crippen molar-refractivity contribution in [3.05, 3.63) is 5.82 Å². The Hall–Kier alpha value is -2.48. The molecule has 2 aliphatic heterocycles. The second-order valence-electron chi connectivity index (χ2n) is 8.01. The molecule has 0 bridgehead atoms. The van der Waals surface area contributed by atoms with Crippen molar-refractivity contribution in [2.75, 3.05) is 31.2 Å². The molecule has 2 amide bonds. The van der Waals surface area contributed by atoms with E-state index in [-0.39, 0.29) is 40.4 Å². The van der Waals surface area contributed by atoms with Gasteiger partial charge in [-0.2, -0.15) is 22.5 Å². The minimum absolute atomic E-state index is 0. The van der Waals surface area contributed by atoms with Crippen LogP contribution in [0.1, 0.15) is 19.2 Å². The maximum Gasteiger partial charge on any atom is 1.00 e. The van der Waals surface area contributed by atoms with E-state index < -0.39 is 90.3 Å². The number of carboxylic acid groups (broad SMARTS) is 1. The number of hydrogen-bond acceptors (Lipinski definition) is 14. The molecule has 0 spiro atoms. The molecule has 0 aliphatic carbocycles. The van der Waals surface area contributed by atoms with Gasteiger partial charge >= 0.3 is 41.7 Å². The van der Waals surface area contributed by atoms with Crippen LogP contribution in [0, 0.1) is 5.41 Å². The summed E-state index contributed by atoms with van der Waals surface area (Å²) in [4.78, 5) is 69.0. The van der Waals surface area contributed by atoms with E-state index in [1.165, 1.54) is 0 Å². The number of oxime groups is 1. The monoisotopic (exact) mass is 590 g/mol. The number of ether oxygens (including phenoxy) is 1. The number of aromatic nitrogens is 2. The topological polar surface area (TPSA) is 206 Å². The van der Waals surface area contributed by atoms with Gasteiger partial charge in [-0.25, -0.2) is 0 Å². The number of anilines is 1. The summed E-state index contributed by atoms with van der Waals surface area (Å²) in [6.07, 6.45) is -5.29. The van der Waals surface area contributed by atoms with Crippen LogP contribution in [-0.4, -0.2) is 92.6 Å². The smallest absolute Gasteiger partial charge is 0.549 e. The second kappa shape index (κ2) is 12.6. The van der Waals surface area contributed by atoms with Gasteiger partial charge in [-0.3, -0.25) is 19.2 Å². The van der Waals surface area contributed by atoms with Crippen LogP contribution in [0.2, 0.25) is 0 Å². The number of ketones is 1. The van der Waals surface area contributed by atoms with Gasteiger partial charge < -0.3 is 35.4 Å². The van der Waals surface area contributed by atoms with Gasteiger partial charge in [-0.1, -0.05) is 5.16 Å². The summed E-state index contributed by atoms with van der Waals surface area (Å²) in [5, 5.41) is 16.5. The molecular weight excluding hydrogens is 572 g/mol. The standard InChI is InChI=1S/C18H19F3N6O8S2.Na/c1-7(28)2-8(29)34-4-17(15(32)33)3-27-13(31)10(14(27)36-6-17)23-12(30)9(11-24-16(22)37-26-11)25-35-5-18(19,20)21;/h10,14H,2-6H2,1H3,(H,23,30)(H,32,33)(H2,22,24,26);/q;+1/p-1/t10?,14-,17?;/m1./s1. The van der Waals surface area contributed by atoms with Crippen LogP contribution < -0.4 is 45.7 Å². The summed E-state index contributed by atoms with van der Waals surface area (Å²) in [6.45, 7) is -1.71. The third-order valence-corrected chi connectivity index (χ3v) is 7.15. The maximum absolute atomic E-state index is 12.7. The number of carboxylic acids is 1. The Morgan fingerprint density at radius 1 is 1.34 bits per heavy atom. The molecule has 3 heterocycles. The average Bonchev–Trinajstić information content (AvgIpc) is 3.23. The van der Waals surface area contributed by atoms with Crippen molar-refractivity contribution in [3.63, 3.8) is 0 Å². The third kappa shape index (κ3) is 7.55. The van der Waals surface area contributed by atoms with Crippen molar-refractivity contribution in [2.45, 2.75) is 30.9 Å². The number of nitrogens with one attached hydrogen (secondary N) is 1. The predicted octanol–water partition coefficient (Wildman–Crippen LogP) is -4.93. The van der Waals surface area contributed by atoms with Crippen molar-refractivity contribution >= 4 is 63.7 Å². The number of nitrogens with two attached hydrogens (primary N) is 1. The Morgan fingerprint density at radius 2 is 2.03 bits per heavy atom. The van der Waals surface area contributed by atoms with E-state index in [0.29, 0.717) is 11.5 Å². The summed E-state index contributed by atoms with van der Waals surface area (Å²) in [6, 6.07) is -1.19.